The molecule has 0 fully saturated rings. The van der Waals surface area contributed by atoms with Gasteiger partial charge in [0.2, 0.25) is 0 Å². The zero-order valence-corrected chi connectivity index (χ0v) is 12.2. The Bertz CT molecular complexity index is 537. The van der Waals surface area contributed by atoms with E-state index >= 15 is 0 Å². The first-order chi connectivity index (χ1) is 8.08. The van der Waals surface area contributed by atoms with Gasteiger partial charge in [0.15, 0.2) is 0 Å². The van der Waals surface area contributed by atoms with Crippen LogP contribution >= 0.6 is 27.7 Å². The van der Waals surface area contributed by atoms with Crippen LogP contribution in [0.15, 0.2) is 38.7 Å². The number of aromatic nitrogens is 2. The van der Waals surface area contributed by atoms with Gasteiger partial charge >= 0.3 is 0 Å². The van der Waals surface area contributed by atoms with Crippen LogP contribution in [-0.4, -0.2) is 9.78 Å². The summed E-state index contributed by atoms with van der Waals surface area (Å²) in [6, 6.07) is 8.32. The fraction of sp³-hybridized carbons (Fsp3) is 0.250. The molecule has 5 heteroatoms. The lowest BCUT2D eigenvalue weighted by Crippen LogP contribution is -1.96. The van der Waals surface area contributed by atoms with E-state index in [9.17, 15) is 0 Å². The molecular weight excluding hydrogens is 298 g/mol. The lowest BCUT2D eigenvalue weighted by molar-refractivity contribution is 0.692. The minimum atomic E-state index is 0.553. The number of aryl methyl sites for hydroxylation is 2. The largest absolute Gasteiger partial charge is 0.326 e. The zero-order chi connectivity index (χ0) is 12.4. The summed E-state index contributed by atoms with van der Waals surface area (Å²) in [7, 11) is 1.96. The lowest BCUT2D eigenvalue weighted by atomic mass is 10.2. The molecule has 17 heavy (non-hydrogen) atoms. The van der Waals surface area contributed by atoms with Crippen LogP contribution in [0.1, 0.15) is 11.3 Å². The minimum Gasteiger partial charge on any atom is -0.326 e. The van der Waals surface area contributed by atoms with E-state index in [1.807, 2.05) is 24.7 Å². The van der Waals surface area contributed by atoms with E-state index in [0.717, 1.165) is 20.8 Å². The highest BCUT2D eigenvalue weighted by Gasteiger charge is 2.06. The quantitative estimate of drug-likeness (QED) is 0.947. The summed E-state index contributed by atoms with van der Waals surface area (Å²) in [5.41, 5.74) is 7.82. The van der Waals surface area contributed by atoms with Crippen LogP contribution in [0.5, 0.6) is 0 Å². The molecule has 0 amide bonds. The van der Waals surface area contributed by atoms with Crippen LogP contribution in [0.3, 0.4) is 0 Å². The van der Waals surface area contributed by atoms with Gasteiger partial charge in [-0.3, -0.25) is 4.68 Å². The fourth-order valence-corrected chi connectivity index (χ4v) is 3.33. The second-order valence-electron chi connectivity index (χ2n) is 3.85. The maximum atomic E-state index is 5.67. The normalized spacial score (nSPS) is 10.8. The van der Waals surface area contributed by atoms with E-state index in [1.54, 1.807) is 11.8 Å². The summed E-state index contributed by atoms with van der Waals surface area (Å²) < 4.78 is 2.95. The third-order valence-electron chi connectivity index (χ3n) is 2.35. The molecule has 0 radical (unpaired) electrons. The molecule has 0 aliphatic rings. The van der Waals surface area contributed by atoms with Crippen LogP contribution in [0.25, 0.3) is 0 Å². The van der Waals surface area contributed by atoms with Crippen molar-refractivity contribution in [3.05, 3.63) is 40.0 Å². The van der Waals surface area contributed by atoms with Crippen molar-refractivity contribution in [2.24, 2.45) is 12.8 Å². The molecule has 1 aromatic heterocycles. The van der Waals surface area contributed by atoms with Gasteiger partial charge in [0.25, 0.3) is 0 Å². The second kappa shape index (κ2) is 5.25. The first-order valence-electron chi connectivity index (χ1n) is 5.26. The summed E-state index contributed by atoms with van der Waals surface area (Å²) in [6.45, 7) is 2.55. The number of nitrogens with two attached hydrogens (primary N) is 1. The highest BCUT2D eigenvalue weighted by Crippen LogP contribution is 2.30. The Kier molecular flexibility index (Phi) is 3.91. The van der Waals surface area contributed by atoms with Gasteiger partial charge in [-0.2, -0.15) is 5.10 Å². The summed E-state index contributed by atoms with van der Waals surface area (Å²) in [6.07, 6.45) is 0. The molecule has 3 nitrogen and oxygen atoms in total. The van der Waals surface area contributed by atoms with Gasteiger partial charge < -0.3 is 5.73 Å². The third-order valence-corrected chi connectivity index (χ3v) is 3.87. The number of hydrogen-bond donors (Lipinski definition) is 1. The Morgan fingerprint density at radius 1 is 1.35 bits per heavy atom. The van der Waals surface area contributed by atoms with Crippen molar-refractivity contribution in [3.8, 4) is 0 Å². The summed E-state index contributed by atoms with van der Waals surface area (Å²) in [5.74, 6) is 0. The van der Waals surface area contributed by atoms with E-state index in [1.165, 1.54) is 4.90 Å². The Morgan fingerprint density at radius 2 is 2.12 bits per heavy atom. The number of benzene rings is 1. The molecule has 2 N–H and O–H groups in total. The Labute approximate surface area is 114 Å². The molecule has 0 bridgehead atoms. The van der Waals surface area contributed by atoms with Crippen LogP contribution in [0.2, 0.25) is 0 Å². The Balaban J connectivity index is 2.29. The number of nitrogens with zero attached hydrogens (tertiary/aromatic N) is 2. The molecule has 0 aliphatic heterocycles. The molecule has 0 spiro atoms. The van der Waals surface area contributed by atoms with E-state index in [0.29, 0.717) is 6.54 Å². The SMILES string of the molecule is Cc1cc(Sc2cc(Br)cc(CN)c2)n(C)n1. The maximum Gasteiger partial charge on any atom is 0.0986 e. The van der Waals surface area contributed by atoms with Crippen molar-refractivity contribution in [2.75, 3.05) is 0 Å². The highest BCUT2D eigenvalue weighted by molar-refractivity contribution is 9.10. The predicted octanol–water partition coefficient (Wildman–Crippen LogP) is 3.10. The van der Waals surface area contributed by atoms with Crippen molar-refractivity contribution >= 4 is 27.7 Å². The smallest absolute Gasteiger partial charge is 0.0986 e. The summed E-state index contributed by atoms with van der Waals surface area (Å²) in [4.78, 5) is 1.17. The fourth-order valence-electron chi connectivity index (χ4n) is 1.60. The molecule has 90 valence electrons. The molecular formula is C12H14BrN3S. The average molecular weight is 312 g/mol. The van der Waals surface area contributed by atoms with Crippen LogP contribution < -0.4 is 5.73 Å². The molecule has 2 rings (SSSR count). The van der Waals surface area contributed by atoms with Gasteiger partial charge in [0.1, 0.15) is 0 Å². The second-order valence-corrected chi connectivity index (χ2v) is 5.86. The first kappa shape index (κ1) is 12.7. The monoisotopic (exact) mass is 311 g/mol. The van der Waals surface area contributed by atoms with Crippen LogP contribution in [-0.2, 0) is 13.6 Å². The molecule has 0 saturated carbocycles. The molecule has 1 heterocycles. The molecule has 0 saturated heterocycles. The summed E-state index contributed by atoms with van der Waals surface area (Å²) >= 11 is 5.19. The standard InChI is InChI=1S/C12H14BrN3S/c1-8-3-12(16(2)15-8)17-11-5-9(7-14)4-10(13)6-11/h3-6H,7,14H2,1-2H3. The van der Waals surface area contributed by atoms with E-state index < -0.39 is 0 Å². The van der Waals surface area contributed by atoms with Crippen molar-refractivity contribution in [1.29, 1.82) is 0 Å². The molecule has 0 atom stereocenters. The van der Waals surface area contributed by atoms with E-state index in [4.69, 9.17) is 5.73 Å². The zero-order valence-electron chi connectivity index (χ0n) is 9.77. The Morgan fingerprint density at radius 3 is 2.71 bits per heavy atom. The lowest BCUT2D eigenvalue weighted by Gasteiger charge is -2.05. The molecule has 0 unspecified atom stereocenters. The van der Waals surface area contributed by atoms with Crippen molar-refractivity contribution in [2.45, 2.75) is 23.4 Å². The summed E-state index contributed by atoms with van der Waals surface area (Å²) in [5, 5.41) is 5.46. The van der Waals surface area contributed by atoms with E-state index in [2.05, 4.69) is 39.2 Å². The number of rotatable bonds is 3. The first-order valence-corrected chi connectivity index (χ1v) is 6.87. The minimum absolute atomic E-state index is 0.553. The number of halogens is 1. The van der Waals surface area contributed by atoms with Crippen molar-refractivity contribution < 1.29 is 0 Å². The van der Waals surface area contributed by atoms with Crippen molar-refractivity contribution in [1.82, 2.24) is 9.78 Å². The highest BCUT2D eigenvalue weighted by atomic mass is 79.9. The molecule has 1 aromatic carbocycles. The molecule has 0 aliphatic carbocycles. The van der Waals surface area contributed by atoms with Crippen LogP contribution in [0, 0.1) is 6.92 Å². The van der Waals surface area contributed by atoms with Gasteiger partial charge in [-0.1, -0.05) is 27.7 Å². The van der Waals surface area contributed by atoms with Crippen LogP contribution in [0.4, 0.5) is 0 Å². The number of hydrogen-bond acceptors (Lipinski definition) is 3. The molecule has 2 aromatic rings. The topological polar surface area (TPSA) is 43.8 Å². The van der Waals surface area contributed by atoms with Gasteiger partial charge in [0.05, 0.1) is 10.7 Å². The van der Waals surface area contributed by atoms with Gasteiger partial charge in [0, 0.05) is 23.0 Å². The van der Waals surface area contributed by atoms with Crippen molar-refractivity contribution in [3.63, 3.8) is 0 Å². The third kappa shape index (κ3) is 3.12. The van der Waals surface area contributed by atoms with Gasteiger partial charge in [-0.05, 0) is 36.8 Å². The van der Waals surface area contributed by atoms with E-state index in [-0.39, 0.29) is 0 Å². The Hall–Kier alpha value is -0.780. The average Bonchev–Trinajstić information content (AvgIpc) is 2.56. The van der Waals surface area contributed by atoms with Gasteiger partial charge in [-0.15, -0.1) is 0 Å². The van der Waals surface area contributed by atoms with Gasteiger partial charge in [-0.25, -0.2) is 0 Å². The predicted molar refractivity (Wildman–Crippen MR) is 74.1 cm³/mol. The maximum absolute atomic E-state index is 5.67.